The minimum Gasteiger partial charge on any atom is -0.481 e. The second-order valence-electron chi connectivity index (χ2n) is 7.12. The molecule has 3 rings (SSSR count). The van der Waals surface area contributed by atoms with Crippen molar-refractivity contribution in [2.75, 3.05) is 19.6 Å². The Labute approximate surface area is 147 Å². The van der Waals surface area contributed by atoms with Crippen LogP contribution in [-0.4, -0.2) is 52.3 Å². The average molecular weight is 344 g/mol. The van der Waals surface area contributed by atoms with Gasteiger partial charge in [-0.3, -0.25) is 14.4 Å². The van der Waals surface area contributed by atoms with Gasteiger partial charge in [-0.1, -0.05) is 29.8 Å². The Morgan fingerprint density at radius 3 is 2.56 bits per heavy atom. The molecule has 2 heterocycles. The molecular formula is C19H24N2O4. The van der Waals surface area contributed by atoms with E-state index >= 15 is 0 Å². The maximum absolute atomic E-state index is 12.7. The third kappa shape index (κ3) is 4.00. The summed E-state index contributed by atoms with van der Waals surface area (Å²) >= 11 is 0. The number of nitrogens with zero attached hydrogens (tertiary/aromatic N) is 2. The van der Waals surface area contributed by atoms with E-state index in [0.717, 1.165) is 5.56 Å². The molecule has 2 aliphatic heterocycles. The van der Waals surface area contributed by atoms with E-state index in [0.29, 0.717) is 32.5 Å². The molecule has 1 aromatic carbocycles. The van der Waals surface area contributed by atoms with Crippen LogP contribution in [0.4, 0.5) is 0 Å². The van der Waals surface area contributed by atoms with Gasteiger partial charge in [-0.05, 0) is 25.3 Å². The van der Waals surface area contributed by atoms with Gasteiger partial charge in [-0.25, -0.2) is 0 Å². The molecule has 0 aliphatic carbocycles. The van der Waals surface area contributed by atoms with E-state index in [2.05, 4.69) is 0 Å². The molecule has 1 unspecified atom stereocenters. The van der Waals surface area contributed by atoms with Gasteiger partial charge >= 0.3 is 5.97 Å². The first-order valence-corrected chi connectivity index (χ1v) is 8.79. The van der Waals surface area contributed by atoms with Crippen LogP contribution in [0.3, 0.4) is 0 Å². The second kappa shape index (κ2) is 7.25. The smallest absolute Gasteiger partial charge is 0.308 e. The Bertz CT molecular complexity index is 671. The van der Waals surface area contributed by atoms with E-state index in [1.807, 2.05) is 31.2 Å². The number of aliphatic carboxylic acids is 1. The molecule has 2 fully saturated rings. The standard InChI is InChI=1S/C19H24N2O4/c1-13-4-6-14(7-5-13)10-21-12-16(9-17(21)22)18(23)20-8-2-3-15(11-20)19(24)25/h4-7,15-16H,2-3,8-12H2,1H3,(H,24,25)/t15-,16?/m0/s1. The zero-order valence-electron chi connectivity index (χ0n) is 14.5. The van der Waals surface area contributed by atoms with Crippen LogP contribution in [0.25, 0.3) is 0 Å². The molecule has 0 spiro atoms. The van der Waals surface area contributed by atoms with Crippen molar-refractivity contribution in [1.82, 2.24) is 9.80 Å². The highest BCUT2D eigenvalue weighted by atomic mass is 16.4. The predicted molar refractivity (Wildman–Crippen MR) is 91.6 cm³/mol. The Balaban J connectivity index is 1.60. The second-order valence-corrected chi connectivity index (χ2v) is 7.12. The number of carboxylic acid groups (broad SMARTS) is 1. The Morgan fingerprint density at radius 1 is 1.16 bits per heavy atom. The van der Waals surface area contributed by atoms with E-state index in [9.17, 15) is 19.5 Å². The predicted octanol–water partition coefficient (Wildman–Crippen LogP) is 1.67. The fourth-order valence-corrected chi connectivity index (χ4v) is 3.64. The minimum absolute atomic E-state index is 0.00859. The van der Waals surface area contributed by atoms with Crippen molar-refractivity contribution in [2.45, 2.75) is 32.7 Å². The maximum Gasteiger partial charge on any atom is 0.308 e. The SMILES string of the molecule is Cc1ccc(CN2CC(C(=O)N3CCC[C@H](C(=O)O)C3)CC2=O)cc1. The highest BCUT2D eigenvalue weighted by Gasteiger charge is 2.38. The zero-order chi connectivity index (χ0) is 18.0. The quantitative estimate of drug-likeness (QED) is 0.901. The Kier molecular flexibility index (Phi) is 5.06. The van der Waals surface area contributed by atoms with E-state index < -0.39 is 11.9 Å². The van der Waals surface area contributed by atoms with Crippen LogP contribution in [0.15, 0.2) is 24.3 Å². The van der Waals surface area contributed by atoms with Crippen LogP contribution >= 0.6 is 0 Å². The lowest BCUT2D eigenvalue weighted by atomic mass is 9.96. The van der Waals surface area contributed by atoms with Gasteiger partial charge in [0, 0.05) is 32.6 Å². The average Bonchev–Trinajstić information content (AvgIpc) is 2.97. The zero-order valence-corrected chi connectivity index (χ0v) is 14.5. The summed E-state index contributed by atoms with van der Waals surface area (Å²) in [5, 5.41) is 9.17. The first-order chi connectivity index (χ1) is 11.9. The molecule has 2 atom stereocenters. The molecule has 2 aliphatic rings. The fraction of sp³-hybridized carbons (Fsp3) is 0.526. The number of rotatable bonds is 4. The van der Waals surface area contributed by atoms with Crippen LogP contribution in [0.5, 0.6) is 0 Å². The third-order valence-corrected chi connectivity index (χ3v) is 5.14. The van der Waals surface area contributed by atoms with Crippen LogP contribution in [-0.2, 0) is 20.9 Å². The van der Waals surface area contributed by atoms with Gasteiger partial charge in [0.2, 0.25) is 11.8 Å². The summed E-state index contributed by atoms with van der Waals surface area (Å²) in [5.41, 5.74) is 2.22. The minimum atomic E-state index is -0.846. The number of benzene rings is 1. The number of carbonyl (C=O) groups is 3. The lowest BCUT2D eigenvalue weighted by molar-refractivity contribution is -0.146. The number of hydrogen-bond acceptors (Lipinski definition) is 3. The van der Waals surface area contributed by atoms with Gasteiger partial charge in [0.25, 0.3) is 0 Å². The Hall–Kier alpha value is -2.37. The molecule has 2 saturated heterocycles. The van der Waals surface area contributed by atoms with E-state index in [1.165, 1.54) is 5.56 Å². The molecule has 1 aromatic rings. The topological polar surface area (TPSA) is 77.9 Å². The molecule has 1 N–H and O–H groups in total. The van der Waals surface area contributed by atoms with Gasteiger partial charge < -0.3 is 14.9 Å². The Morgan fingerprint density at radius 2 is 1.88 bits per heavy atom. The van der Waals surface area contributed by atoms with Crippen LogP contribution in [0, 0.1) is 18.8 Å². The summed E-state index contributed by atoms with van der Waals surface area (Å²) in [4.78, 5) is 39.5. The highest BCUT2D eigenvalue weighted by molar-refractivity contribution is 5.89. The molecule has 134 valence electrons. The summed E-state index contributed by atoms with van der Waals surface area (Å²) in [5.74, 6) is -1.78. The molecule has 0 bridgehead atoms. The summed E-state index contributed by atoms with van der Waals surface area (Å²) in [6.45, 7) is 3.80. The largest absolute Gasteiger partial charge is 0.481 e. The van der Waals surface area contributed by atoms with Crippen molar-refractivity contribution < 1.29 is 19.5 Å². The summed E-state index contributed by atoms with van der Waals surface area (Å²) in [7, 11) is 0. The number of aryl methyl sites for hydroxylation is 1. The molecule has 25 heavy (non-hydrogen) atoms. The first-order valence-electron chi connectivity index (χ1n) is 8.79. The normalized spacial score (nSPS) is 23.8. The van der Waals surface area contributed by atoms with Gasteiger partial charge in [-0.2, -0.15) is 0 Å². The monoisotopic (exact) mass is 344 g/mol. The maximum atomic E-state index is 12.7. The van der Waals surface area contributed by atoms with Crippen molar-refractivity contribution >= 4 is 17.8 Å². The fourth-order valence-electron chi connectivity index (χ4n) is 3.64. The van der Waals surface area contributed by atoms with E-state index in [1.54, 1.807) is 9.80 Å². The van der Waals surface area contributed by atoms with Crippen molar-refractivity contribution in [3.05, 3.63) is 35.4 Å². The summed E-state index contributed by atoms with van der Waals surface area (Å²) < 4.78 is 0. The number of likely N-dealkylation sites (tertiary alicyclic amines) is 2. The van der Waals surface area contributed by atoms with Gasteiger partial charge in [0.05, 0.1) is 11.8 Å². The van der Waals surface area contributed by atoms with E-state index in [4.69, 9.17) is 0 Å². The lowest BCUT2D eigenvalue weighted by Gasteiger charge is -2.32. The summed E-state index contributed by atoms with van der Waals surface area (Å²) in [6.07, 6.45) is 1.54. The molecule has 6 heteroatoms. The summed E-state index contributed by atoms with van der Waals surface area (Å²) in [6, 6.07) is 8.02. The van der Waals surface area contributed by atoms with E-state index in [-0.39, 0.29) is 30.7 Å². The molecule has 2 amide bonds. The molecular weight excluding hydrogens is 320 g/mol. The molecule has 0 saturated carbocycles. The third-order valence-electron chi connectivity index (χ3n) is 5.14. The van der Waals surface area contributed by atoms with Crippen molar-refractivity contribution in [3.8, 4) is 0 Å². The van der Waals surface area contributed by atoms with Gasteiger partial charge in [-0.15, -0.1) is 0 Å². The lowest BCUT2D eigenvalue weighted by Crippen LogP contribution is -2.45. The van der Waals surface area contributed by atoms with Gasteiger partial charge in [0.15, 0.2) is 0 Å². The molecule has 6 nitrogen and oxygen atoms in total. The number of hydrogen-bond donors (Lipinski definition) is 1. The van der Waals surface area contributed by atoms with Gasteiger partial charge in [0.1, 0.15) is 0 Å². The number of carbonyl (C=O) groups excluding carboxylic acids is 2. The number of carboxylic acids is 1. The van der Waals surface area contributed by atoms with Crippen LogP contribution < -0.4 is 0 Å². The first kappa shape index (κ1) is 17.5. The number of piperidine rings is 1. The van der Waals surface area contributed by atoms with Crippen molar-refractivity contribution in [3.63, 3.8) is 0 Å². The highest BCUT2D eigenvalue weighted by Crippen LogP contribution is 2.25. The number of amides is 2. The molecule has 0 radical (unpaired) electrons. The van der Waals surface area contributed by atoms with Crippen molar-refractivity contribution in [1.29, 1.82) is 0 Å². The van der Waals surface area contributed by atoms with Crippen LogP contribution in [0.1, 0.15) is 30.4 Å². The van der Waals surface area contributed by atoms with Crippen molar-refractivity contribution in [2.24, 2.45) is 11.8 Å². The molecule has 0 aromatic heterocycles. The van der Waals surface area contributed by atoms with Crippen LogP contribution in [0.2, 0.25) is 0 Å².